The predicted octanol–water partition coefficient (Wildman–Crippen LogP) is 5.67. The second kappa shape index (κ2) is 5.18. The minimum Gasteiger partial charge on any atom is -0.328 e. The molecule has 0 unspecified atom stereocenters. The van der Waals surface area contributed by atoms with Gasteiger partial charge in [-0.3, -0.25) is 0 Å². The summed E-state index contributed by atoms with van der Waals surface area (Å²) in [5, 5.41) is 0. The van der Waals surface area contributed by atoms with Gasteiger partial charge < -0.3 is 13.9 Å². The number of hydrogen-bond donors (Lipinski definition) is 1. The SMILES string of the molecule is CC1(C)[C@H]2CC[C@](C)(C2)[C@H]1OP(O)O[C@H]1C(C)(C)[C@H]2CC[C@]1(C)C2. The number of hydrogen-bond acceptors (Lipinski definition) is 3. The van der Waals surface area contributed by atoms with Crippen molar-refractivity contribution in [1.82, 2.24) is 0 Å². The van der Waals surface area contributed by atoms with Crippen molar-refractivity contribution < 1.29 is 13.9 Å². The van der Waals surface area contributed by atoms with E-state index in [4.69, 9.17) is 9.05 Å². The molecular weight excluding hydrogens is 319 g/mol. The third-order valence-electron chi connectivity index (χ3n) is 8.67. The highest BCUT2D eigenvalue weighted by Gasteiger charge is 2.63. The van der Waals surface area contributed by atoms with Crippen LogP contribution in [0.25, 0.3) is 0 Å². The summed E-state index contributed by atoms with van der Waals surface area (Å²) in [6, 6.07) is 0. The summed E-state index contributed by atoms with van der Waals surface area (Å²) < 4.78 is 12.5. The fourth-order valence-corrected chi connectivity index (χ4v) is 8.71. The molecule has 4 bridgehead atoms. The molecule has 0 aromatic carbocycles. The van der Waals surface area contributed by atoms with E-state index in [2.05, 4.69) is 41.5 Å². The summed E-state index contributed by atoms with van der Waals surface area (Å²) in [5.74, 6) is 1.46. The molecule has 6 atom stereocenters. The molecule has 3 nitrogen and oxygen atoms in total. The van der Waals surface area contributed by atoms with E-state index in [1.807, 2.05) is 0 Å². The Kier molecular flexibility index (Phi) is 3.83. The average molecular weight is 354 g/mol. The molecular formula is C20H35O3P. The summed E-state index contributed by atoms with van der Waals surface area (Å²) in [6.07, 6.45) is 7.79. The third-order valence-corrected chi connectivity index (χ3v) is 9.45. The molecule has 0 saturated heterocycles. The first-order chi connectivity index (χ1) is 11.0. The normalized spacial score (nSPS) is 51.0. The second-order valence-corrected chi connectivity index (χ2v) is 11.9. The van der Waals surface area contributed by atoms with Gasteiger partial charge in [0.05, 0.1) is 12.2 Å². The molecule has 4 aliphatic carbocycles. The van der Waals surface area contributed by atoms with Crippen LogP contribution in [0, 0.1) is 33.5 Å². The van der Waals surface area contributed by atoms with Gasteiger partial charge >= 0.3 is 8.60 Å². The van der Waals surface area contributed by atoms with E-state index in [0.29, 0.717) is 0 Å². The lowest BCUT2D eigenvalue weighted by Gasteiger charge is -2.45. The Morgan fingerprint density at radius 3 is 1.42 bits per heavy atom. The predicted molar refractivity (Wildman–Crippen MR) is 97.3 cm³/mol. The first kappa shape index (κ1) is 17.7. The largest absolute Gasteiger partial charge is 0.330 e. The standard InChI is InChI=1S/C20H35O3P/c1-17(2)13-7-9-19(5,11-13)15(17)22-24(21)23-16-18(3,4)14-8-10-20(16,6)12-14/h13-16,21H,7-12H2,1-6H3/t13-,14-,15-,16-,19+,20+/m0/s1. The van der Waals surface area contributed by atoms with Crippen molar-refractivity contribution in [2.45, 2.75) is 92.3 Å². The van der Waals surface area contributed by atoms with E-state index in [-0.39, 0.29) is 33.9 Å². The Morgan fingerprint density at radius 2 is 1.12 bits per heavy atom. The Bertz CT molecular complexity index is 477. The van der Waals surface area contributed by atoms with E-state index in [1.54, 1.807) is 0 Å². The molecule has 4 saturated carbocycles. The van der Waals surface area contributed by atoms with Gasteiger partial charge in [-0.2, -0.15) is 0 Å². The summed E-state index contributed by atoms with van der Waals surface area (Å²) in [6.45, 7) is 14.0. The van der Waals surface area contributed by atoms with E-state index in [1.165, 1.54) is 38.5 Å². The first-order valence-corrected chi connectivity index (χ1v) is 10.9. The van der Waals surface area contributed by atoms with E-state index >= 15 is 0 Å². The van der Waals surface area contributed by atoms with Crippen molar-refractivity contribution in [3.05, 3.63) is 0 Å². The van der Waals surface area contributed by atoms with Crippen molar-refractivity contribution >= 4 is 8.60 Å². The van der Waals surface area contributed by atoms with E-state index in [0.717, 1.165) is 11.8 Å². The van der Waals surface area contributed by atoms with Crippen molar-refractivity contribution in [2.24, 2.45) is 33.5 Å². The highest BCUT2D eigenvalue weighted by molar-refractivity contribution is 7.40. The van der Waals surface area contributed by atoms with Crippen LogP contribution in [0.15, 0.2) is 0 Å². The second-order valence-electron chi connectivity index (χ2n) is 11.0. The van der Waals surface area contributed by atoms with Crippen LogP contribution in [0.5, 0.6) is 0 Å². The summed E-state index contributed by atoms with van der Waals surface area (Å²) >= 11 is 0. The van der Waals surface area contributed by atoms with Crippen LogP contribution in [0.4, 0.5) is 0 Å². The van der Waals surface area contributed by atoms with Gasteiger partial charge in [-0.1, -0.05) is 41.5 Å². The van der Waals surface area contributed by atoms with Crippen LogP contribution >= 0.6 is 8.60 Å². The smallest absolute Gasteiger partial charge is 0.328 e. The Morgan fingerprint density at radius 1 is 0.750 bits per heavy atom. The summed E-state index contributed by atoms with van der Waals surface area (Å²) in [4.78, 5) is 10.7. The van der Waals surface area contributed by atoms with Gasteiger partial charge in [0.15, 0.2) is 0 Å². The molecule has 4 heteroatoms. The van der Waals surface area contributed by atoms with Gasteiger partial charge in [-0.15, -0.1) is 0 Å². The zero-order valence-corrected chi connectivity index (χ0v) is 17.2. The maximum absolute atomic E-state index is 10.7. The summed E-state index contributed by atoms with van der Waals surface area (Å²) in [5.41, 5.74) is 0.728. The van der Waals surface area contributed by atoms with Crippen molar-refractivity contribution in [2.75, 3.05) is 0 Å². The minimum atomic E-state index is -1.81. The molecule has 4 rings (SSSR count). The van der Waals surface area contributed by atoms with Gasteiger partial charge in [0.25, 0.3) is 0 Å². The topological polar surface area (TPSA) is 38.7 Å². The first-order valence-electron chi connectivity index (χ1n) is 9.82. The molecule has 24 heavy (non-hydrogen) atoms. The Balaban J connectivity index is 1.47. The molecule has 0 radical (unpaired) electrons. The summed E-state index contributed by atoms with van der Waals surface area (Å²) in [7, 11) is -1.81. The lowest BCUT2D eigenvalue weighted by molar-refractivity contribution is -0.0600. The lowest BCUT2D eigenvalue weighted by Crippen LogP contribution is -2.43. The Hall–Kier alpha value is 0.310. The van der Waals surface area contributed by atoms with Gasteiger partial charge in [0.2, 0.25) is 0 Å². The minimum absolute atomic E-state index is 0.120. The van der Waals surface area contributed by atoms with Crippen molar-refractivity contribution in [3.8, 4) is 0 Å². The average Bonchev–Trinajstić information content (AvgIpc) is 3.13. The molecule has 0 aromatic rings. The Labute approximate surface area is 148 Å². The van der Waals surface area contributed by atoms with Crippen LogP contribution in [0.2, 0.25) is 0 Å². The number of rotatable bonds is 4. The van der Waals surface area contributed by atoms with Crippen LogP contribution < -0.4 is 0 Å². The van der Waals surface area contributed by atoms with Crippen LogP contribution in [-0.2, 0) is 9.05 Å². The zero-order valence-electron chi connectivity index (χ0n) is 16.3. The van der Waals surface area contributed by atoms with Crippen molar-refractivity contribution in [3.63, 3.8) is 0 Å². The van der Waals surface area contributed by atoms with E-state index < -0.39 is 8.60 Å². The maximum Gasteiger partial charge on any atom is 0.330 e. The molecule has 4 aliphatic rings. The maximum atomic E-state index is 10.7. The number of fused-ring (bicyclic) bond motifs is 4. The molecule has 138 valence electrons. The lowest BCUT2D eigenvalue weighted by atomic mass is 9.70. The van der Waals surface area contributed by atoms with Gasteiger partial charge in [0, 0.05) is 0 Å². The van der Waals surface area contributed by atoms with Crippen LogP contribution in [0.1, 0.15) is 80.1 Å². The molecule has 1 N–H and O–H groups in total. The third kappa shape index (κ3) is 2.30. The fraction of sp³-hybridized carbons (Fsp3) is 1.00. The quantitative estimate of drug-likeness (QED) is 0.661. The van der Waals surface area contributed by atoms with E-state index in [9.17, 15) is 4.89 Å². The van der Waals surface area contributed by atoms with Crippen molar-refractivity contribution in [1.29, 1.82) is 0 Å². The molecule has 0 aromatic heterocycles. The van der Waals surface area contributed by atoms with Gasteiger partial charge in [-0.05, 0) is 72.0 Å². The zero-order chi connectivity index (χ0) is 17.5. The van der Waals surface area contributed by atoms with Gasteiger partial charge in [-0.25, -0.2) is 0 Å². The molecule has 0 spiro atoms. The van der Waals surface area contributed by atoms with Crippen LogP contribution in [-0.4, -0.2) is 17.1 Å². The van der Waals surface area contributed by atoms with Crippen LogP contribution in [0.3, 0.4) is 0 Å². The highest BCUT2D eigenvalue weighted by Crippen LogP contribution is 2.68. The highest BCUT2D eigenvalue weighted by atomic mass is 31.2. The molecule has 0 aliphatic heterocycles. The monoisotopic (exact) mass is 354 g/mol. The van der Waals surface area contributed by atoms with Gasteiger partial charge in [0.1, 0.15) is 0 Å². The molecule has 0 heterocycles. The fourth-order valence-electron chi connectivity index (χ4n) is 7.24. The molecule has 4 fully saturated rings. The molecule has 0 amide bonds.